The van der Waals surface area contributed by atoms with Crippen molar-refractivity contribution < 1.29 is 28.7 Å². The first kappa shape index (κ1) is 26.5. The summed E-state index contributed by atoms with van der Waals surface area (Å²) in [7, 11) is 2.41. The van der Waals surface area contributed by atoms with Crippen molar-refractivity contribution in [1.29, 1.82) is 5.26 Å². The summed E-state index contributed by atoms with van der Waals surface area (Å²) in [5, 5.41) is 15.6. The quantitative estimate of drug-likeness (QED) is 0.431. The first-order chi connectivity index (χ1) is 17.2. The zero-order valence-electron chi connectivity index (χ0n) is 20.2. The number of rotatable bonds is 7. The number of benzene rings is 2. The van der Waals surface area contributed by atoms with E-state index >= 15 is 0 Å². The zero-order chi connectivity index (χ0) is 26.4. The second kappa shape index (κ2) is 11.6. The lowest BCUT2D eigenvalue weighted by Crippen LogP contribution is -2.44. The smallest absolute Gasteiger partial charge is 0.337 e. The maximum atomic E-state index is 13.0. The van der Waals surface area contributed by atoms with Gasteiger partial charge in [-0.2, -0.15) is 5.26 Å². The highest BCUT2D eigenvalue weighted by Crippen LogP contribution is 2.40. The van der Waals surface area contributed by atoms with Crippen molar-refractivity contribution in [2.75, 3.05) is 25.3 Å². The molecule has 0 aliphatic carbocycles. The van der Waals surface area contributed by atoms with Crippen molar-refractivity contribution in [3.05, 3.63) is 75.3 Å². The van der Waals surface area contributed by atoms with Crippen LogP contribution in [-0.2, 0) is 23.9 Å². The van der Waals surface area contributed by atoms with Crippen LogP contribution >= 0.6 is 11.8 Å². The van der Waals surface area contributed by atoms with Gasteiger partial charge in [-0.05, 0) is 42.7 Å². The molecule has 2 atom stereocenters. The summed E-state index contributed by atoms with van der Waals surface area (Å²) < 4.78 is 9.54. The van der Waals surface area contributed by atoms with Gasteiger partial charge in [0.2, 0.25) is 11.8 Å². The number of esters is 2. The van der Waals surface area contributed by atoms with Gasteiger partial charge in [-0.25, -0.2) is 4.79 Å². The minimum Gasteiger partial charge on any atom is -0.468 e. The van der Waals surface area contributed by atoms with Crippen LogP contribution in [-0.4, -0.2) is 43.7 Å². The fourth-order valence-corrected chi connectivity index (χ4v) is 4.80. The summed E-state index contributed by atoms with van der Waals surface area (Å²) in [4.78, 5) is 49.9. The van der Waals surface area contributed by atoms with E-state index < -0.39 is 29.7 Å². The number of nitrogens with zero attached hydrogens (tertiary/aromatic N) is 1. The van der Waals surface area contributed by atoms with Crippen LogP contribution in [0.1, 0.15) is 33.0 Å². The topological polar surface area (TPSA) is 135 Å². The minimum absolute atomic E-state index is 0.0779. The zero-order valence-corrected chi connectivity index (χ0v) is 21.0. The molecule has 2 N–H and O–H groups in total. The molecule has 186 valence electrons. The number of carbonyl (C=O) groups is 4. The van der Waals surface area contributed by atoms with Crippen molar-refractivity contribution in [2.24, 2.45) is 5.92 Å². The fraction of sp³-hybridized carbons (Fsp3) is 0.269. The molecule has 1 aliphatic heterocycles. The first-order valence-electron chi connectivity index (χ1n) is 10.9. The number of carbonyl (C=O) groups excluding carboxylic acids is 4. The van der Waals surface area contributed by atoms with Gasteiger partial charge in [-0.15, -0.1) is 0 Å². The molecule has 2 aromatic carbocycles. The molecule has 0 fully saturated rings. The van der Waals surface area contributed by atoms with Gasteiger partial charge in [0.1, 0.15) is 5.92 Å². The fourth-order valence-electron chi connectivity index (χ4n) is 3.95. The molecule has 10 heteroatoms. The molecule has 0 saturated carbocycles. The van der Waals surface area contributed by atoms with E-state index in [0.29, 0.717) is 11.3 Å². The number of aryl methyl sites for hydroxylation is 2. The van der Waals surface area contributed by atoms with E-state index in [9.17, 15) is 24.4 Å². The van der Waals surface area contributed by atoms with Gasteiger partial charge in [0.15, 0.2) is 0 Å². The predicted octanol–water partition coefficient (Wildman–Crippen LogP) is 3.20. The Kier molecular flexibility index (Phi) is 8.51. The summed E-state index contributed by atoms with van der Waals surface area (Å²) in [5.41, 5.74) is 3.37. The van der Waals surface area contributed by atoms with E-state index in [2.05, 4.69) is 16.7 Å². The van der Waals surface area contributed by atoms with Crippen LogP contribution in [0.4, 0.5) is 5.69 Å². The highest BCUT2D eigenvalue weighted by molar-refractivity contribution is 8.03. The molecule has 0 aromatic heterocycles. The minimum atomic E-state index is -1.32. The SMILES string of the molecule is COC(=O)c1ccc([C@H]2C(C#N)=C(SCC(=O)Nc3c(C)cccc3C)NC(=O)[C@H]2C(=O)OC)cc1. The van der Waals surface area contributed by atoms with E-state index in [1.165, 1.54) is 19.2 Å². The van der Waals surface area contributed by atoms with Crippen molar-refractivity contribution in [3.8, 4) is 6.07 Å². The van der Waals surface area contributed by atoms with Gasteiger partial charge < -0.3 is 20.1 Å². The van der Waals surface area contributed by atoms with Crippen LogP contribution < -0.4 is 10.6 Å². The van der Waals surface area contributed by atoms with Gasteiger partial charge in [0.05, 0.1) is 42.2 Å². The molecular weight excluding hydrogens is 482 g/mol. The van der Waals surface area contributed by atoms with Crippen molar-refractivity contribution >= 4 is 41.2 Å². The number of hydrogen-bond donors (Lipinski definition) is 2. The summed E-state index contributed by atoms with van der Waals surface area (Å²) in [5.74, 6) is -4.68. The molecule has 36 heavy (non-hydrogen) atoms. The Morgan fingerprint density at radius 1 is 1.06 bits per heavy atom. The number of methoxy groups -OCH3 is 2. The Morgan fingerprint density at radius 3 is 2.25 bits per heavy atom. The van der Waals surface area contributed by atoms with Crippen molar-refractivity contribution in [2.45, 2.75) is 19.8 Å². The van der Waals surface area contributed by atoms with Crippen LogP contribution in [0, 0.1) is 31.1 Å². The van der Waals surface area contributed by atoms with Gasteiger partial charge in [0.25, 0.3) is 0 Å². The number of ether oxygens (including phenoxy) is 2. The number of allylic oxidation sites excluding steroid dienone is 1. The first-order valence-corrected chi connectivity index (χ1v) is 11.9. The van der Waals surface area contributed by atoms with E-state index in [4.69, 9.17) is 9.47 Å². The number of nitrogens with one attached hydrogen (secondary N) is 2. The summed E-state index contributed by atoms with van der Waals surface area (Å²) in [6.07, 6.45) is 0. The number of thioether (sulfide) groups is 1. The Labute approximate surface area is 212 Å². The molecular formula is C26H25N3O6S. The number of para-hydroxylation sites is 1. The average Bonchev–Trinajstić information content (AvgIpc) is 2.88. The van der Waals surface area contributed by atoms with E-state index in [0.717, 1.165) is 30.0 Å². The van der Waals surface area contributed by atoms with Crippen molar-refractivity contribution in [1.82, 2.24) is 5.32 Å². The Hall–Kier alpha value is -4.10. The number of nitriles is 1. The second-order valence-electron chi connectivity index (χ2n) is 8.04. The Morgan fingerprint density at radius 2 is 1.69 bits per heavy atom. The molecule has 0 saturated heterocycles. The third-order valence-electron chi connectivity index (χ3n) is 5.77. The lowest BCUT2D eigenvalue weighted by atomic mass is 9.78. The lowest BCUT2D eigenvalue weighted by molar-refractivity contribution is -0.150. The van der Waals surface area contributed by atoms with E-state index in [1.54, 1.807) is 12.1 Å². The normalized spacial score (nSPS) is 17.0. The van der Waals surface area contributed by atoms with Crippen molar-refractivity contribution in [3.63, 3.8) is 0 Å². The van der Waals surface area contributed by atoms with Crippen LogP contribution in [0.3, 0.4) is 0 Å². The molecule has 0 radical (unpaired) electrons. The van der Waals surface area contributed by atoms with Gasteiger partial charge >= 0.3 is 11.9 Å². The average molecular weight is 508 g/mol. The van der Waals surface area contributed by atoms with Crippen LogP contribution in [0.15, 0.2) is 53.1 Å². The summed E-state index contributed by atoms with van der Waals surface area (Å²) in [6.45, 7) is 3.77. The largest absolute Gasteiger partial charge is 0.468 e. The lowest BCUT2D eigenvalue weighted by Gasteiger charge is -2.31. The Balaban J connectivity index is 1.92. The van der Waals surface area contributed by atoms with Gasteiger partial charge in [-0.1, -0.05) is 42.1 Å². The van der Waals surface area contributed by atoms with E-state index in [-0.39, 0.29) is 27.8 Å². The standard InChI is InChI=1S/C26H25N3O6S/c1-14-6-5-7-15(2)22(14)28-19(30)13-36-24-18(12-27)20(21(23(31)29-24)26(33)35-4)16-8-10-17(11-9-16)25(32)34-3/h5-11,20-21H,13H2,1-4H3,(H,28,30)(H,29,31)/t20-,21-/m0/s1. The third-order valence-corrected chi connectivity index (χ3v) is 6.78. The van der Waals surface area contributed by atoms with Gasteiger partial charge in [0, 0.05) is 11.6 Å². The molecule has 0 spiro atoms. The van der Waals surface area contributed by atoms with Crippen LogP contribution in [0.2, 0.25) is 0 Å². The van der Waals surface area contributed by atoms with E-state index in [1.807, 2.05) is 32.0 Å². The Bertz CT molecular complexity index is 1260. The monoisotopic (exact) mass is 507 g/mol. The molecule has 9 nitrogen and oxygen atoms in total. The van der Waals surface area contributed by atoms with Gasteiger partial charge in [-0.3, -0.25) is 14.4 Å². The molecule has 3 rings (SSSR count). The maximum Gasteiger partial charge on any atom is 0.337 e. The molecule has 0 unspecified atom stereocenters. The van der Waals surface area contributed by atoms with Crippen LogP contribution in [0.25, 0.3) is 0 Å². The molecule has 1 aliphatic rings. The molecule has 0 bridgehead atoms. The molecule has 2 aromatic rings. The highest BCUT2D eigenvalue weighted by Gasteiger charge is 2.44. The predicted molar refractivity (Wildman–Crippen MR) is 134 cm³/mol. The number of amides is 2. The number of hydrogen-bond acceptors (Lipinski definition) is 8. The summed E-state index contributed by atoms with van der Waals surface area (Å²) >= 11 is 0.991. The number of anilines is 1. The van der Waals surface area contributed by atoms with Crippen LogP contribution in [0.5, 0.6) is 0 Å². The summed E-state index contributed by atoms with van der Waals surface area (Å²) in [6, 6.07) is 13.8. The second-order valence-corrected chi connectivity index (χ2v) is 9.03. The third kappa shape index (κ3) is 5.58. The molecule has 1 heterocycles. The highest BCUT2D eigenvalue weighted by atomic mass is 32.2. The maximum absolute atomic E-state index is 13.0. The molecule has 2 amide bonds.